The maximum Gasteiger partial charge on any atom is 0.123 e. The summed E-state index contributed by atoms with van der Waals surface area (Å²) >= 11 is 0. The molecular weight excluding hydrogens is 1040 g/mol. The number of phenolic OH excluding ortho intramolecular Hbond substituents is 8. The maximum absolute atomic E-state index is 12.5. The number of allylic oxidation sites excluding steroid dienone is 4. The lowest BCUT2D eigenvalue weighted by molar-refractivity contribution is 0.401. The molecule has 8 nitrogen and oxygen atoms in total. The minimum absolute atomic E-state index is 0.179. The van der Waals surface area contributed by atoms with Crippen LogP contribution >= 0.6 is 0 Å². The average Bonchev–Trinajstić information content (AvgIpc) is 2.11. The van der Waals surface area contributed by atoms with E-state index in [1.54, 1.807) is 12.1 Å². The second kappa shape index (κ2) is 23.8. The standard InChI is InChI=1S/C76H82O8/c77-65-41-67(79)59-37-57(65)73(53-29-21-49(22-30-53)45-13-5-1-6-14-45)58-38-60(68(80)42-66(58)78)75(55-33-25-51(26-34-55)47-17-9-3-10-18-47)62-40-64(72(84)44-70(62)82)76(56-35-27-52(28-36-56)48-19-11-4-12-20-48)63-39-61(69(81)43-71(63)83)74(59)54-31-23-50(24-32-54)46-15-7-2-8-16-46/h21-35,37-48,56,73-84H,1-20,36H2. The number of hydrogen-bond acceptors (Lipinski definition) is 8. The highest BCUT2D eigenvalue weighted by Gasteiger charge is 2.38. The van der Waals surface area contributed by atoms with Gasteiger partial charge < -0.3 is 40.9 Å². The minimum Gasteiger partial charge on any atom is -0.508 e. The lowest BCUT2D eigenvalue weighted by atomic mass is 9.71. The Balaban J connectivity index is 1.08. The summed E-state index contributed by atoms with van der Waals surface area (Å²) in [4.78, 5) is 0. The molecule has 6 aliphatic carbocycles. The summed E-state index contributed by atoms with van der Waals surface area (Å²) < 4.78 is 0. The van der Waals surface area contributed by atoms with Crippen molar-refractivity contribution in [2.45, 2.75) is 176 Å². The molecule has 4 saturated carbocycles. The fourth-order valence-corrected chi connectivity index (χ4v) is 16.4. The van der Waals surface area contributed by atoms with Crippen molar-refractivity contribution < 1.29 is 40.9 Å². The minimum atomic E-state index is -0.886. The molecule has 7 aromatic carbocycles. The molecule has 13 rings (SSSR count). The highest BCUT2D eigenvalue weighted by Crippen LogP contribution is 2.55. The van der Waals surface area contributed by atoms with Gasteiger partial charge >= 0.3 is 0 Å². The van der Waals surface area contributed by atoms with E-state index in [4.69, 9.17) is 0 Å². The first-order valence-corrected chi connectivity index (χ1v) is 31.9. The molecule has 0 heterocycles. The number of fused-ring (bicyclic) bond motifs is 8. The Hall–Kier alpha value is -7.58. The van der Waals surface area contributed by atoms with E-state index >= 15 is 0 Å². The van der Waals surface area contributed by atoms with Crippen molar-refractivity contribution in [3.63, 3.8) is 0 Å². The first kappa shape index (κ1) is 55.6. The van der Waals surface area contributed by atoms with Crippen LogP contribution in [0.5, 0.6) is 46.0 Å². The third kappa shape index (κ3) is 10.8. The van der Waals surface area contributed by atoms with E-state index < -0.39 is 23.7 Å². The molecule has 7 aromatic rings. The predicted octanol–water partition coefficient (Wildman–Crippen LogP) is 18.5. The van der Waals surface area contributed by atoms with Gasteiger partial charge in [-0.3, -0.25) is 0 Å². The van der Waals surface area contributed by atoms with Crippen LogP contribution in [0.3, 0.4) is 0 Å². The summed E-state index contributed by atoms with van der Waals surface area (Å²) in [5.41, 5.74) is 10.5. The van der Waals surface area contributed by atoms with Crippen LogP contribution in [0.4, 0.5) is 0 Å². The van der Waals surface area contributed by atoms with E-state index in [9.17, 15) is 40.9 Å². The molecular formula is C76H82O8. The fraction of sp³-hybridized carbons (Fsp3) is 0.395. The quantitative estimate of drug-likeness (QED) is 0.0746. The van der Waals surface area contributed by atoms with Crippen molar-refractivity contribution in [3.05, 3.63) is 223 Å². The van der Waals surface area contributed by atoms with Crippen molar-refractivity contribution in [1.82, 2.24) is 0 Å². The van der Waals surface area contributed by atoms with Crippen molar-refractivity contribution >= 4 is 0 Å². The third-order valence-electron chi connectivity index (χ3n) is 20.9. The smallest absolute Gasteiger partial charge is 0.123 e. The van der Waals surface area contributed by atoms with Crippen molar-refractivity contribution in [3.8, 4) is 46.0 Å². The zero-order valence-electron chi connectivity index (χ0n) is 48.4. The molecule has 6 aliphatic rings. The van der Waals surface area contributed by atoms with Gasteiger partial charge in [0.15, 0.2) is 0 Å². The van der Waals surface area contributed by atoms with Gasteiger partial charge in [-0.2, -0.15) is 0 Å². The molecule has 8 N–H and O–H groups in total. The fourth-order valence-electron chi connectivity index (χ4n) is 16.4. The molecule has 8 heteroatoms. The summed E-state index contributed by atoms with van der Waals surface area (Å²) in [5.74, 6) is -3.61. The van der Waals surface area contributed by atoms with Crippen LogP contribution in [0.15, 0.2) is 145 Å². The summed E-state index contributed by atoms with van der Waals surface area (Å²) in [6.07, 6.45) is 30.6. The summed E-state index contributed by atoms with van der Waals surface area (Å²) in [7, 11) is 0. The maximum atomic E-state index is 12.5. The van der Waals surface area contributed by atoms with E-state index in [0.717, 1.165) is 68.1 Å². The van der Waals surface area contributed by atoms with Crippen molar-refractivity contribution in [1.29, 1.82) is 0 Å². The summed E-state index contributed by atoms with van der Waals surface area (Å²) in [6, 6.07) is 38.1. The number of aromatic hydroxyl groups is 8. The van der Waals surface area contributed by atoms with Gasteiger partial charge in [0.25, 0.3) is 0 Å². The second-order valence-electron chi connectivity index (χ2n) is 26.0. The molecule has 0 aromatic heterocycles. The molecule has 3 unspecified atom stereocenters. The highest BCUT2D eigenvalue weighted by atomic mass is 16.3. The monoisotopic (exact) mass is 1120 g/mol. The van der Waals surface area contributed by atoms with Gasteiger partial charge in [0.05, 0.1) is 0 Å². The number of phenols is 8. The van der Waals surface area contributed by atoms with Crippen molar-refractivity contribution in [2.24, 2.45) is 11.8 Å². The lowest BCUT2D eigenvalue weighted by Crippen LogP contribution is -2.18. The summed E-state index contributed by atoms with van der Waals surface area (Å²) in [5, 5.41) is 100. The molecule has 3 atom stereocenters. The van der Waals surface area contributed by atoms with Gasteiger partial charge in [-0.1, -0.05) is 168 Å². The van der Waals surface area contributed by atoms with Gasteiger partial charge in [-0.15, -0.1) is 0 Å². The second-order valence-corrected chi connectivity index (χ2v) is 26.0. The molecule has 434 valence electrons. The zero-order valence-corrected chi connectivity index (χ0v) is 48.4. The average molecular weight is 1120 g/mol. The first-order valence-electron chi connectivity index (χ1n) is 31.9. The van der Waals surface area contributed by atoms with Crippen LogP contribution in [0.2, 0.25) is 0 Å². The van der Waals surface area contributed by atoms with Crippen LogP contribution in [-0.2, 0) is 0 Å². The Labute approximate surface area is 495 Å². The predicted molar refractivity (Wildman–Crippen MR) is 332 cm³/mol. The number of hydrogen-bond donors (Lipinski definition) is 8. The van der Waals surface area contributed by atoms with Gasteiger partial charge in [0.2, 0.25) is 0 Å². The van der Waals surface area contributed by atoms with Gasteiger partial charge in [0, 0.05) is 92.4 Å². The van der Waals surface area contributed by atoms with Crippen LogP contribution < -0.4 is 0 Å². The van der Waals surface area contributed by atoms with E-state index in [0.29, 0.717) is 74.6 Å². The first-order chi connectivity index (χ1) is 40.9. The SMILES string of the molecule is Oc1cc(O)c2cc1C(c1ccc(C3CCCCC3)cc1)c1cc(c(O)cc1O)C(c1ccc(C3CCCCC3)cc1)c1cc(c(O)cc1O)C(C1C=CC(C3CCCCC3)=CC1)c1cc(c(O)cc1O)C2c1ccc(C2CCCCC2)cc1. The van der Waals surface area contributed by atoms with Gasteiger partial charge in [-0.05, 0) is 151 Å². The third-order valence-corrected chi connectivity index (χ3v) is 20.9. The molecule has 8 bridgehead atoms. The molecule has 0 amide bonds. The molecule has 84 heavy (non-hydrogen) atoms. The van der Waals surface area contributed by atoms with Crippen LogP contribution in [0.1, 0.15) is 254 Å². The Morgan fingerprint density at radius 1 is 0.262 bits per heavy atom. The molecule has 0 saturated heterocycles. The Bertz CT molecular complexity index is 3390. The lowest BCUT2D eigenvalue weighted by Gasteiger charge is -2.33. The summed E-state index contributed by atoms with van der Waals surface area (Å²) in [6.45, 7) is 0. The number of rotatable bonds is 8. The number of benzene rings is 7. The molecule has 0 radical (unpaired) electrons. The van der Waals surface area contributed by atoms with Crippen molar-refractivity contribution in [2.75, 3.05) is 0 Å². The van der Waals surface area contributed by atoms with Crippen LogP contribution in [0.25, 0.3) is 0 Å². The molecule has 0 aliphatic heterocycles. The van der Waals surface area contributed by atoms with Gasteiger partial charge in [-0.25, -0.2) is 0 Å². The van der Waals surface area contributed by atoms with E-state index in [1.807, 2.05) is 12.1 Å². The molecule has 4 fully saturated rings. The van der Waals surface area contributed by atoms with E-state index in [1.165, 1.54) is 124 Å². The van der Waals surface area contributed by atoms with Crippen LogP contribution in [0, 0.1) is 11.8 Å². The highest BCUT2D eigenvalue weighted by molar-refractivity contribution is 5.67. The Morgan fingerprint density at radius 3 is 0.786 bits per heavy atom. The van der Waals surface area contributed by atoms with Crippen LogP contribution in [-0.4, -0.2) is 40.9 Å². The Kier molecular flexibility index (Phi) is 15.8. The normalized spacial score (nSPS) is 22.8. The largest absolute Gasteiger partial charge is 0.508 e. The van der Waals surface area contributed by atoms with Gasteiger partial charge in [0.1, 0.15) is 46.0 Å². The topological polar surface area (TPSA) is 162 Å². The van der Waals surface area contributed by atoms with E-state index in [2.05, 4.69) is 91.0 Å². The van der Waals surface area contributed by atoms with E-state index in [-0.39, 0.29) is 51.9 Å². The molecule has 0 spiro atoms. The Morgan fingerprint density at radius 2 is 0.512 bits per heavy atom. The zero-order chi connectivity index (χ0) is 57.6.